The molecule has 0 bridgehead atoms. The molecular formula is C24H28N4O4S. The highest BCUT2D eigenvalue weighted by Crippen LogP contribution is 2.30. The summed E-state index contributed by atoms with van der Waals surface area (Å²) >= 11 is 1.50. The maximum absolute atomic E-state index is 12.7. The van der Waals surface area contributed by atoms with Crippen LogP contribution in [0.1, 0.15) is 18.4 Å². The summed E-state index contributed by atoms with van der Waals surface area (Å²) < 4.78 is 11.6. The fourth-order valence-corrected chi connectivity index (χ4v) is 4.96. The van der Waals surface area contributed by atoms with Gasteiger partial charge >= 0.3 is 0 Å². The molecule has 33 heavy (non-hydrogen) atoms. The number of ether oxygens (including phenoxy) is 2. The maximum atomic E-state index is 12.7. The summed E-state index contributed by atoms with van der Waals surface area (Å²) in [5.41, 5.74) is 2.69. The van der Waals surface area contributed by atoms with Gasteiger partial charge in [-0.1, -0.05) is 23.5 Å². The molecule has 2 N–H and O–H groups in total. The number of amides is 2. The molecule has 1 aliphatic rings. The molecule has 1 aromatic heterocycles. The van der Waals surface area contributed by atoms with Crippen molar-refractivity contribution in [2.75, 3.05) is 44.5 Å². The molecule has 1 aliphatic heterocycles. The molecule has 2 amide bonds. The van der Waals surface area contributed by atoms with Crippen LogP contribution < -0.4 is 20.1 Å². The van der Waals surface area contributed by atoms with Crippen molar-refractivity contribution in [2.45, 2.75) is 19.8 Å². The third kappa shape index (κ3) is 5.43. The number of para-hydroxylation sites is 1. The highest BCUT2D eigenvalue weighted by atomic mass is 32.1. The van der Waals surface area contributed by atoms with Crippen molar-refractivity contribution in [1.29, 1.82) is 0 Å². The first-order valence-electron chi connectivity index (χ1n) is 10.9. The predicted molar refractivity (Wildman–Crippen MR) is 130 cm³/mol. The molecule has 0 radical (unpaired) electrons. The molecule has 0 aliphatic carbocycles. The van der Waals surface area contributed by atoms with Gasteiger partial charge in [0.1, 0.15) is 0 Å². The molecule has 3 aromatic rings. The minimum atomic E-state index is -0.102. The number of hydrogen-bond acceptors (Lipinski definition) is 7. The Labute approximate surface area is 196 Å². The predicted octanol–water partition coefficient (Wildman–Crippen LogP) is 3.91. The van der Waals surface area contributed by atoms with Gasteiger partial charge in [-0.25, -0.2) is 4.98 Å². The van der Waals surface area contributed by atoms with E-state index in [4.69, 9.17) is 9.47 Å². The van der Waals surface area contributed by atoms with Crippen LogP contribution in [-0.2, 0) is 9.59 Å². The second-order valence-electron chi connectivity index (χ2n) is 8.10. The first-order valence-corrected chi connectivity index (χ1v) is 11.7. The Bertz CT molecular complexity index is 1150. The zero-order chi connectivity index (χ0) is 23.4. The smallest absolute Gasteiger partial charge is 0.238 e. The quantitative estimate of drug-likeness (QED) is 0.546. The summed E-state index contributed by atoms with van der Waals surface area (Å²) in [5, 5.41) is 6.52. The van der Waals surface area contributed by atoms with E-state index in [9.17, 15) is 9.59 Å². The van der Waals surface area contributed by atoms with E-state index in [0.717, 1.165) is 15.8 Å². The van der Waals surface area contributed by atoms with Crippen LogP contribution in [-0.4, -0.2) is 55.6 Å². The van der Waals surface area contributed by atoms with Crippen LogP contribution in [0, 0.1) is 12.8 Å². The first kappa shape index (κ1) is 23.0. The fourth-order valence-electron chi connectivity index (χ4n) is 4.02. The molecule has 2 heterocycles. The Kier molecular flexibility index (Phi) is 7.10. The second-order valence-corrected chi connectivity index (χ2v) is 9.13. The molecule has 0 spiro atoms. The van der Waals surface area contributed by atoms with Gasteiger partial charge in [0.05, 0.1) is 31.0 Å². The Hall–Kier alpha value is -3.17. The second kappa shape index (κ2) is 10.2. The van der Waals surface area contributed by atoms with Crippen LogP contribution in [0.3, 0.4) is 0 Å². The summed E-state index contributed by atoms with van der Waals surface area (Å²) in [6.07, 6.45) is 1.42. The van der Waals surface area contributed by atoms with E-state index < -0.39 is 0 Å². The minimum Gasteiger partial charge on any atom is -0.493 e. The lowest BCUT2D eigenvalue weighted by Crippen LogP contribution is -2.41. The summed E-state index contributed by atoms with van der Waals surface area (Å²) in [7, 11) is 3.13. The average Bonchev–Trinajstić information content (AvgIpc) is 3.23. The number of aryl methyl sites for hydroxylation is 1. The number of methoxy groups -OCH3 is 2. The largest absolute Gasteiger partial charge is 0.493 e. The van der Waals surface area contributed by atoms with Crippen LogP contribution in [0.2, 0.25) is 0 Å². The topological polar surface area (TPSA) is 92.8 Å². The summed E-state index contributed by atoms with van der Waals surface area (Å²) in [6.45, 7) is 3.68. The number of piperidine rings is 1. The van der Waals surface area contributed by atoms with E-state index >= 15 is 0 Å². The van der Waals surface area contributed by atoms with Crippen molar-refractivity contribution in [2.24, 2.45) is 5.92 Å². The molecule has 2 aromatic carbocycles. The van der Waals surface area contributed by atoms with Gasteiger partial charge in [0.25, 0.3) is 0 Å². The summed E-state index contributed by atoms with van der Waals surface area (Å²) in [4.78, 5) is 31.9. The maximum Gasteiger partial charge on any atom is 0.238 e. The number of nitrogens with one attached hydrogen (secondary N) is 2. The molecule has 9 heteroatoms. The average molecular weight is 469 g/mol. The SMILES string of the molecule is COc1ccc(NC(=O)CN2CCC(C(=O)Nc3nc4c(C)cccc4s3)CC2)cc1OC. The number of rotatable bonds is 7. The Morgan fingerprint density at radius 1 is 1.09 bits per heavy atom. The van der Waals surface area contributed by atoms with E-state index in [-0.39, 0.29) is 24.3 Å². The van der Waals surface area contributed by atoms with Crippen molar-refractivity contribution in [3.05, 3.63) is 42.0 Å². The number of thiazole rings is 1. The lowest BCUT2D eigenvalue weighted by Gasteiger charge is -2.30. The molecule has 174 valence electrons. The van der Waals surface area contributed by atoms with E-state index in [1.165, 1.54) is 11.3 Å². The number of likely N-dealkylation sites (tertiary alicyclic amines) is 1. The van der Waals surface area contributed by atoms with Gasteiger partial charge in [0.15, 0.2) is 16.6 Å². The van der Waals surface area contributed by atoms with Gasteiger partial charge in [0.2, 0.25) is 11.8 Å². The van der Waals surface area contributed by atoms with Crippen molar-refractivity contribution in [1.82, 2.24) is 9.88 Å². The van der Waals surface area contributed by atoms with Gasteiger partial charge in [-0.3, -0.25) is 14.5 Å². The Balaban J connectivity index is 1.26. The number of fused-ring (bicyclic) bond motifs is 1. The van der Waals surface area contributed by atoms with Gasteiger partial charge in [-0.15, -0.1) is 0 Å². The lowest BCUT2D eigenvalue weighted by atomic mass is 9.96. The minimum absolute atomic E-state index is 0.00105. The third-order valence-corrected chi connectivity index (χ3v) is 6.78. The molecule has 0 unspecified atom stereocenters. The number of carbonyl (C=O) groups is 2. The third-order valence-electron chi connectivity index (χ3n) is 5.84. The molecule has 4 rings (SSSR count). The summed E-state index contributed by atoms with van der Waals surface area (Å²) in [6, 6.07) is 11.3. The Morgan fingerprint density at radius 3 is 2.55 bits per heavy atom. The zero-order valence-corrected chi connectivity index (χ0v) is 19.8. The molecule has 1 fully saturated rings. The molecule has 0 saturated carbocycles. The highest BCUT2D eigenvalue weighted by molar-refractivity contribution is 7.22. The molecule has 0 atom stereocenters. The normalized spacial score (nSPS) is 14.8. The number of carbonyl (C=O) groups excluding carboxylic acids is 2. The standard InChI is InChI=1S/C24H28N4O4S/c1-15-5-4-6-20-22(15)26-24(33-20)27-23(30)16-9-11-28(12-10-16)14-21(29)25-17-7-8-18(31-2)19(13-17)32-3/h4-8,13,16H,9-12,14H2,1-3H3,(H,25,29)(H,26,27,30). The highest BCUT2D eigenvalue weighted by Gasteiger charge is 2.26. The van der Waals surface area contributed by atoms with Gasteiger partial charge in [-0.2, -0.15) is 0 Å². The van der Waals surface area contributed by atoms with Crippen LogP contribution in [0.25, 0.3) is 10.2 Å². The van der Waals surface area contributed by atoms with E-state index in [1.54, 1.807) is 32.4 Å². The number of benzene rings is 2. The van der Waals surface area contributed by atoms with Crippen molar-refractivity contribution in [3.63, 3.8) is 0 Å². The van der Waals surface area contributed by atoms with Crippen LogP contribution in [0.4, 0.5) is 10.8 Å². The molecule has 1 saturated heterocycles. The van der Waals surface area contributed by atoms with Gasteiger partial charge in [-0.05, 0) is 56.6 Å². The fraction of sp³-hybridized carbons (Fsp3) is 0.375. The summed E-state index contributed by atoms with van der Waals surface area (Å²) in [5.74, 6) is 0.988. The van der Waals surface area contributed by atoms with Crippen molar-refractivity contribution < 1.29 is 19.1 Å². The van der Waals surface area contributed by atoms with Crippen LogP contribution in [0.5, 0.6) is 11.5 Å². The lowest BCUT2D eigenvalue weighted by molar-refractivity contribution is -0.121. The van der Waals surface area contributed by atoms with E-state index in [2.05, 4.69) is 20.5 Å². The van der Waals surface area contributed by atoms with Crippen LogP contribution >= 0.6 is 11.3 Å². The number of nitrogens with zero attached hydrogens (tertiary/aromatic N) is 2. The van der Waals surface area contributed by atoms with Crippen molar-refractivity contribution >= 4 is 44.2 Å². The van der Waals surface area contributed by atoms with Crippen molar-refractivity contribution in [3.8, 4) is 11.5 Å². The molecular weight excluding hydrogens is 440 g/mol. The zero-order valence-electron chi connectivity index (χ0n) is 19.0. The van der Waals surface area contributed by atoms with Gasteiger partial charge in [0, 0.05) is 17.7 Å². The number of aromatic nitrogens is 1. The van der Waals surface area contributed by atoms with E-state index in [1.807, 2.05) is 25.1 Å². The first-order chi connectivity index (χ1) is 16.0. The monoisotopic (exact) mass is 468 g/mol. The number of hydrogen-bond donors (Lipinski definition) is 2. The van der Waals surface area contributed by atoms with Crippen LogP contribution in [0.15, 0.2) is 36.4 Å². The molecule has 8 nitrogen and oxygen atoms in total. The van der Waals surface area contributed by atoms with Gasteiger partial charge < -0.3 is 20.1 Å². The van der Waals surface area contributed by atoms with E-state index in [0.29, 0.717) is 48.2 Å². The Morgan fingerprint density at radius 2 is 1.85 bits per heavy atom. The number of anilines is 2.